The molecule has 164 valence electrons. The van der Waals surface area contributed by atoms with E-state index in [-0.39, 0.29) is 30.4 Å². The second-order valence-electron chi connectivity index (χ2n) is 6.83. The van der Waals surface area contributed by atoms with Gasteiger partial charge in [0.25, 0.3) is 5.91 Å². The number of β-lactam (4-membered cyclic amide) rings is 1. The summed E-state index contributed by atoms with van der Waals surface area (Å²) >= 11 is 0. The highest BCUT2D eigenvalue weighted by atomic mass is 32.2. The van der Waals surface area contributed by atoms with Gasteiger partial charge < -0.3 is 15.4 Å². The molecule has 0 spiro atoms. The summed E-state index contributed by atoms with van der Waals surface area (Å²) < 4.78 is 36.2. The third-order valence-corrected chi connectivity index (χ3v) is 5.50. The fraction of sp³-hybridized carbons (Fsp3) is 0.250. The Balaban J connectivity index is 1.49. The first-order valence-electron chi connectivity index (χ1n) is 9.33. The molecule has 0 radical (unpaired) electrons. The molecule has 3 rings (SSSR count). The predicted molar refractivity (Wildman–Crippen MR) is 109 cm³/mol. The maximum Gasteiger partial charge on any atom is 0.407 e. The van der Waals surface area contributed by atoms with Gasteiger partial charge in [-0.25, -0.2) is 9.10 Å². The molecule has 0 saturated carbocycles. The Hall–Kier alpha value is -3.44. The Kier molecular flexibility index (Phi) is 6.88. The van der Waals surface area contributed by atoms with Crippen LogP contribution in [0.5, 0.6) is 0 Å². The molecular weight excluding hydrogens is 426 g/mol. The molecule has 0 bridgehead atoms. The number of nitrogens with zero attached hydrogens (tertiary/aromatic N) is 1. The summed E-state index contributed by atoms with van der Waals surface area (Å²) in [6.07, 6.45) is -0.680. The number of ether oxygens (including phenoxy) is 1. The summed E-state index contributed by atoms with van der Waals surface area (Å²) in [5.74, 6) is -1.39. The summed E-state index contributed by atoms with van der Waals surface area (Å²) in [7, 11) is -4.61. The SMILES string of the molecule is O=C(Cc1ccccc1CNC(=O)OCc1ccccc1)NC1CN(S(=O)(=O)O)C1=O. The van der Waals surface area contributed by atoms with Crippen LogP contribution < -0.4 is 10.6 Å². The summed E-state index contributed by atoms with van der Waals surface area (Å²) in [6, 6.07) is 15.2. The van der Waals surface area contributed by atoms with Gasteiger partial charge in [-0.05, 0) is 16.7 Å². The van der Waals surface area contributed by atoms with E-state index in [4.69, 9.17) is 9.29 Å². The summed E-state index contributed by atoms with van der Waals surface area (Å²) in [4.78, 5) is 35.9. The molecule has 1 heterocycles. The predicted octanol–water partition coefficient (Wildman–Crippen LogP) is 0.785. The van der Waals surface area contributed by atoms with Gasteiger partial charge in [0, 0.05) is 6.54 Å². The molecule has 0 aromatic heterocycles. The molecule has 1 fully saturated rings. The molecule has 1 aliphatic heterocycles. The Morgan fingerprint density at radius 1 is 1.06 bits per heavy atom. The van der Waals surface area contributed by atoms with Gasteiger partial charge in [0.05, 0.1) is 13.0 Å². The third kappa shape index (κ3) is 6.03. The summed E-state index contributed by atoms with van der Waals surface area (Å²) in [6.45, 7) is -0.0530. The standard InChI is InChI=1S/C20H21N3O7S/c24-18(22-17-12-23(19(17)25)31(27,28)29)10-15-8-4-5-9-16(15)11-21-20(26)30-13-14-6-2-1-3-7-14/h1-9,17H,10-13H2,(H,21,26)(H,22,24)(H,27,28,29). The third-order valence-electron chi connectivity index (χ3n) is 4.61. The van der Waals surface area contributed by atoms with Crippen molar-refractivity contribution in [2.45, 2.75) is 25.6 Å². The first kappa shape index (κ1) is 22.2. The number of hydrogen-bond donors (Lipinski definition) is 3. The fourth-order valence-electron chi connectivity index (χ4n) is 2.97. The van der Waals surface area contributed by atoms with Crippen LogP contribution in [-0.4, -0.2) is 47.8 Å². The van der Waals surface area contributed by atoms with E-state index in [0.29, 0.717) is 11.1 Å². The number of benzene rings is 2. The van der Waals surface area contributed by atoms with Crippen LogP contribution in [0.4, 0.5) is 4.79 Å². The van der Waals surface area contributed by atoms with Crippen LogP contribution in [0.25, 0.3) is 0 Å². The number of carbonyl (C=O) groups is 3. The van der Waals surface area contributed by atoms with Crippen molar-refractivity contribution in [1.82, 2.24) is 14.9 Å². The van der Waals surface area contributed by atoms with Crippen molar-refractivity contribution in [2.75, 3.05) is 6.54 Å². The molecule has 3 N–H and O–H groups in total. The lowest BCUT2D eigenvalue weighted by atomic mass is 10.0. The van der Waals surface area contributed by atoms with Gasteiger partial charge in [-0.2, -0.15) is 8.42 Å². The van der Waals surface area contributed by atoms with Crippen molar-refractivity contribution < 1.29 is 32.1 Å². The largest absolute Gasteiger partial charge is 0.445 e. The van der Waals surface area contributed by atoms with Crippen LogP contribution >= 0.6 is 0 Å². The minimum Gasteiger partial charge on any atom is -0.445 e. The normalized spacial score (nSPS) is 15.7. The van der Waals surface area contributed by atoms with Crippen LogP contribution in [0.15, 0.2) is 54.6 Å². The van der Waals surface area contributed by atoms with Crippen LogP contribution in [-0.2, 0) is 44.2 Å². The Morgan fingerprint density at radius 3 is 2.35 bits per heavy atom. The van der Waals surface area contributed by atoms with E-state index in [1.165, 1.54) is 0 Å². The monoisotopic (exact) mass is 447 g/mol. The highest BCUT2D eigenvalue weighted by Crippen LogP contribution is 2.15. The van der Waals surface area contributed by atoms with Gasteiger partial charge in [-0.1, -0.05) is 54.6 Å². The van der Waals surface area contributed by atoms with Crippen LogP contribution in [0.2, 0.25) is 0 Å². The van der Waals surface area contributed by atoms with E-state index in [1.54, 1.807) is 24.3 Å². The van der Waals surface area contributed by atoms with Gasteiger partial charge in [0.2, 0.25) is 5.91 Å². The smallest absolute Gasteiger partial charge is 0.407 e. The Bertz CT molecular complexity index is 1070. The van der Waals surface area contributed by atoms with E-state index in [1.807, 2.05) is 30.3 Å². The zero-order valence-electron chi connectivity index (χ0n) is 16.4. The van der Waals surface area contributed by atoms with Gasteiger partial charge in [-0.3, -0.25) is 14.1 Å². The lowest BCUT2D eigenvalue weighted by Gasteiger charge is -2.35. The molecule has 11 heteroatoms. The van der Waals surface area contributed by atoms with Crippen molar-refractivity contribution in [3.63, 3.8) is 0 Å². The van der Waals surface area contributed by atoms with E-state index >= 15 is 0 Å². The second kappa shape index (κ2) is 9.58. The highest BCUT2D eigenvalue weighted by molar-refractivity contribution is 7.84. The average Bonchev–Trinajstić information content (AvgIpc) is 2.74. The molecule has 1 unspecified atom stereocenters. The van der Waals surface area contributed by atoms with E-state index in [0.717, 1.165) is 5.56 Å². The Labute approximate surface area is 179 Å². The molecule has 1 saturated heterocycles. The number of carbonyl (C=O) groups excluding carboxylic acids is 3. The average molecular weight is 447 g/mol. The molecule has 1 aliphatic rings. The van der Waals surface area contributed by atoms with Crippen molar-refractivity contribution in [2.24, 2.45) is 0 Å². The highest BCUT2D eigenvalue weighted by Gasteiger charge is 2.44. The zero-order valence-corrected chi connectivity index (χ0v) is 17.2. The lowest BCUT2D eigenvalue weighted by Crippen LogP contribution is -2.65. The zero-order chi connectivity index (χ0) is 22.4. The molecule has 2 aromatic carbocycles. The lowest BCUT2D eigenvalue weighted by molar-refractivity contribution is -0.140. The number of hydrogen-bond acceptors (Lipinski definition) is 6. The molecule has 2 aromatic rings. The fourth-order valence-corrected chi connectivity index (χ4v) is 3.66. The van der Waals surface area contributed by atoms with Gasteiger partial charge in [-0.15, -0.1) is 0 Å². The van der Waals surface area contributed by atoms with Gasteiger partial charge >= 0.3 is 16.4 Å². The number of amides is 3. The quantitative estimate of drug-likeness (QED) is 0.401. The number of nitrogens with one attached hydrogen (secondary N) is 2. The summed E-state index contributed by atoms with van der Waals surface area (Å²) in [5.41, 5.74) is 2.17. The van der Waals surface area contributed by atoms with E-state index in [9.17, 15) is 22.8 Å². The minimum atomic E-state index is -4.61. The topological polar surface area (TPSA) is 142 Å². The molecular formula is C20H21N3O7S. The van der Waals surface area contributed by atoms with Crippen molar-refractivity contribution in [1.29, 1.82) is 0 Å². The van der Waals surface area contributed by atoms with Gasteiger partial charge in [0.15, 0.2) is 0 Å². The second-order valence-corrected chi connectivity index (χ2v) is 8.16. The van der Waals surface area contributed by atoms with Gasteiger partial charge in [0.1, 0.15) is 12.6 Å². The van der Waals surface area contributed by atoms with Crippen LogP contribution in [0.3, 0.4) is 0 Å². The maximum atomic E-state index is 12.3. The molecule has 3 amide bonds. The molecule has 10 nitrogen and oxygen atoms in total. The molecule has 31 heavy (non-hydrogen) atoms. The Morgan fingerprint density at radius 2 is 1.71 bits per heavy atom. The van der Waals surface area contributed by atoms with Crippen LogP contribution in [0, 0.1) is 0 Å². The maximum absolute atomic E-state index is 12.3. The van der Waals surface area contributed by atoms with E-state index in [2.05, 4.69) is 10.6 Å². The first-order chi connectivity index (χ1) is 14.7. The van der Waals surface area contributed by atoms with Crippen molar-refractivity contribution in [3.8, 4) is 0 Å². The van der Waals surface area contributed by atoms with Crippen LogP contribution in [0.1, 0.15) is 16.7 Å². The summed E-state index contributed by atoms with van der Waals surface area (Å²) in [5, 5.41) is 5.06. The number of rotatable bonds is 8. The van der Waals surface area contributed by atoms with E-state index < -0.39 is 34.3 Å². The van der Waals surface area contributed by atoms with Crippen molar-refractivity contribution in [3.05, 3.63) is 71.3 Å². The van der Waals surface area contributed by atoms with Crippen molar-refractivity contribution >= 4 is 28.2 Å². The molecule has 0 aliphatic carbocycles. The first-order valence-corrected chi connectivity index (χ1v) is 10.7. The molecule has 1 atom stereocenters. The minimum absolute atomic E-state index is 0.0768. The number of alkyl carbamates (subject to hydrolysis) is 1.